The van der Waals surface area contributed by atoms with Crippen molar-refractivity contribution in [2.24, 2.45) is 0 Å². The fraction of sp³-hybridized carbons (Fsp3) is 0.474. The number of rotatable bonds is 1. The molecule has 1 unspecified atom stereocenters. The van der Waals surface area contributed by atoms with Gasteiger partial charge in [0.1, 0.15) is 11.5 Å². The highest BCUT2D eigenvalue weighted by atomic mass is 16.5. The number of allylic oxidation sites excluding steroid dienone is 2. The van der Waals surface area contributed by atoms with Crippen LogP contribution in [0.15, 0.2) is 49.0 Å². The molecule has 0 aromatic carbocycles. The van der Waals surface area contributed by atoms with Crippen LogP contribution >= 0.6 is 0 Å². The molecular formula is C19H24O4. The van der Waals surface area contributed by atoms with Crippen molar-refractivity contribution >= 4 is 11.6 Å². The molecule has 124 valence electrons. The SMILES string of the molecule is C=C1C=CC(=O)C(C)(CC)O1.C=C1C=CC(=O)C2(CCCC2)O1. The van der Waals surface area contributed by atoms with E-state index in [-0.39, 0.29) is 11.6 Å². The van der Waals surface area contributed by atoms with Gasteiger partial charge in [0.05, 0.1) is 0 Å². The summed E-state index contributed by atoms with van der Waals surface area (Å²) in [6.07, 6.45) is 10.9. The first-order valence-corrected chi connectivity index (χ1v) is 8.02. The molecule has 1 fully saturated rings. The Hall–Kier alpha value is -2.10. The zero-order valence-corrected chi connectivity index (χ0v) is 13.9. The number of carbonyl (C=O) groups is 2. The molecule has 0 amide bonds. The largest absolute Gasteiger partial charge is 0.480 e. The summed E-state index contributed by atoms with van der Waals surface area (Å²) in [6.45, 7) is 11.0. The Kier molecular flexibility index (Phi) is 4.93. The Morgan fingerprint density at radius 3 is 2.00 bits per heavy atom. The number of ether oxygens (including phenoxy) is 2. The monoisotopic (exact) mass is 316 g/mol. The molecule has 4 heteroatoms. The summed E-state index contributed by atoms with van der Waals surface area (Å²) in [5, 5.41) is 0. The molecule has 0 aromatic rings. The molecule has 0 N–H and O–H groups in total. The lowest BCUT2D eigenvalue weighted by Gasteiger charge is -2.30. The molecule has 0 radical (unpaired) electrons. The summed E-state index contributed by atoms with van der Waals surface area (Å²) in [5.41, 5.74) is -1.20. The topological polar surface area (TPSA) is 52.6 Å². The highest BCUT2D eigenvalue weighted by Crippen LogP contribution is 2.38. The van der Waals surface area contributed by atoms with Gasteiger partial charge in [0.15, 0.2) is 22.8 Å². The maximum Gasteiger partial charge on any atom is 0.199 e. The van der Waals surface area contributed by atoms with Crippen molar-refractivity contribution in [3.63, 3.8) is 0 Å². The molecule has 1 aliphatic carbocycles. The molecule has 0 bridgehead atoms. The third-order valence-corrected chi connectivity index (χ3v) is 4.58. The third-order valence-electron chi connectivity index (χ3n) is 4.58. The van der Waals surface area contributed by atoms with E-state index in [0.717, 1.165) is 25.7 Å². The van der Waals surface area contributed by atoms with Crippen molar-refractivity contribution in [1.29, 1.82) is 0 Å². The van der Waals surface area contributed by atoms with Crippen LogP contribution in [0, 0.1) is 0 Å². The van der Waals surface area contributed by atoms with Crippen LogP contribution in [-0.4, -0.2) is 22.8 Å². The van der Waals surface area contributed by atoms with Crippen LogP contribution in [0.25, 0.3) is 0 Å². The minimum absolute atomic E-state index is 0.0207. The van der Waals surface area contributed by atoms with E-state index < -0.39 is 11.2 Å². The Balaban J connectivity index is 0.000000168. The van der Waals surface area contributed by atoms with Gasteiger partial charge >= 0.3 is 0 Å². The third kappa shape index (κ3) is 3.63. The fourth-order valence-electron chi connectivity index (χ4n) is 2.92. The van der Waals surface area contributed by atoms with E-state index in [1.54, 1.807) is 25.2 Å². The van der Waals surface area contributed by atoms with Crippen LogP contribution < -0.4 is 0 Å². The predicted molar refractivity (Wildman–Crippen MR) is 88.6 cm³/mol. The molecule has 3 rings (SSSR count). The van der Waals surface area contributed by atoms with Crippen LogP contribution in [0.3, 0.4) is 0 Å². The summed E-state index contributed by atoms with van der Waals surface area (Å²) in [6, 6.07) is 0. The number of ketones is 2. The highest BCUT2D eigenvalue weighted by molar-refractivity contribution is 5.98. The van der Waals surface area contributed by atoms with Gasteiger partial charge < -0.3 is 9.47 Å². The minimum atomic E-state index is -0.675. The predicted octanol–water partition coefficient (Wildman–Crippen LogP) is 3.79. The molecule has 1 saturated carbocycles. The lowest BCUT2D eigenvalue weighted by Crippen LogP contribution is -2.39. The van der Waals surface area contributed by atoms with Crippen molar-refractivity contribution in [3.8, 4) is 0 Å². The Labute approximate surface area is 137 Å². The Morgan fingerprint density at radius 2 is 1.48 bits per heavy atom. The first-order chi connectivity index (χ1) is 10.8. The van der Waals surface area contributed by atoms with Gasteiger partial charge in [-0.05, 0) is 63.3 Å². The van der Waals surface area contributed by atoms with Gasteiger partial charge in [-0.25, -0.2) is 0 Å². The van der Waals surface area contributed by atoms with E-state index >= 15 is 0 Å². The molecule has 23 heavy (non-hydrogen) atoms. The summed E-state index contributed by atoms with van der Waals surface area (Å²) in [5.74, 6) is 1.32. The molecule has 4 nitrogen and oxygen atoms in total. The molecule has 2 aliphatic heterocycles. The zero-order chi connectivity index (χ0) is 17.1. The second-order valence-corrected chi connectivity index (χ2v) is 6.32. The Bertz CT molecular complexity index is 590. The van der Waals surface area contributed by atoms with Gasteiger partial charge in [0.2, 0.25) is 0 Å². The van der Waals surface area contributed by atoms with Crippen LogP contribution in [0.4, 0.5) is 0 Å². The van der Waals surface area contributed by atoms with Crippen molar-refractivity contribution in [2.45, 2.75) is 57.2 Å². The maximum atomic E-state index is 11.5. The summed E-state index contributed by atoms with van der Waals surface area (Å²) in [7, 11) is 0. The quantitative estimate of drug-likeness (QED) is 0.738. The zero-order valence-electron chi connectivity index (χ0n) is 13.9. The van der Waals surface area contributed by atoms with Gasteiger partial charge in [0.25, 0.3) is 0 Å². The van der Waals surface area contributed by atoms with Crippen molar-refractivity contribution in [1.82, 2.24) is 0 Å². The highest BCUT2D eigenvalue weighted by Gasteiger charge is 2.43. The second-order valence-electron chi connectivity index (χ2n) is 6.32. The minimum Gasteiger partial charge on any atom is -0.480 e. The van der Waals surface area contributed by atoms with Crippen LogP contribution in [0.1, 0.15) is 46.0 Å². The molecule has 0 saturated heterocycles. The molecule has 3 aliphatic rings. The van der Waals surface area contributed by atoms with Crippen LogP contribution in [0.5, 0.6) is 0 Å². The average Bonchev–Trinajstić information content (AvgIpc) is 2.97. The van der Waals surface area contributed by atoms with Gasteiger partial charge in [-0.1, -0.05) is 20.1 Å². The van der Waals surface area contributed by atoms with E-state index in [9.17, 15) is 9.59 Å². The first-order valence-electron chi connectivity index (χ1n) is 8.02. The summed E-state index contributed by atoms with van der Waals surface area (Å²) < 4.78 is 10.8. The molecule has 1 atom stereocenters. The van der Waals surface area contributed by atoms with Gasteiger partial charge in [-0.3, -0.25) is 9.59 Å². The van der Waals surface area contributed by atoms with Gasteiger partial charge in [-0.15, -0.1) is 0 Å². The second kappa shape index (κ2) is 6.57. The van der Waals surface area contributed by atoms with Crippen LogP contribution in [-0.2, 0) is 19.1 Å². The smallest absolute Gasteiger partial charge is 0.199 e. The molecule has 2 heterocycles. The standard InChI is InChI=1S/C10H12O2.C9H12O2/c1-8-4-5-9(11)10(12-8)6-2-3-7-10;1-4-9(3)8(10)6-5-7(2)11-9/h4-5H,1-3,6-7H2;5-6H,2,4H2,1,3H3. The van der Waals surface area contributed by atoms with Gasteiger partial charge in [-0.2, -0.15) is 0 Å². The van der Waals surface area contributed by atoms with E-state index in [2.05, 4.69) is 13.2 Å². The lowest BCUT2D eigenvalue weighted by molar-refractivity contribution is -0.134. The van der Waals surface area contributed by atoms with E-state index in [0.29, 0.717) is 17.9 Å². The maximum absolute atomic E-state index is 11.5. The number of hydrogen-bond donors (Lipinski definition) is 0. The molecule has 1 spiro atoms. The van der Waals surface area contributed by atoms with E-state index in [1.165, 1.54) is 6.08 Å². The number of carbonyl (C=O) groups excluding carboxylic acids is 2. The number of hydrogen-bond acceptors (Lipinski definition) is 4. The molecule has 0 aromatic heterocycles. The average molecular weight is 316 g/mol. The van der Waals surface area contributed by atoms with Gasteiger partial charge in [0, 0.05) is 0 Å². The van der Waals surface area contributed by atoms with E-state index in [4.69, 9.17) is 9.47 Å². The van der Waals surface area contributed by atoms with Crippen LogP contribution in [0.2, 0.25) is 0 Å². The first kappa shape index (κ1) is 17.3. The normalized spacial score (nSPS) is 28.3. The summed E-state index contributed by atoms with van der Waals surface area (Å²) >= 11 is 0. The summed E-state index contributed by atoms with van der Waals surface area (Å²) in [4.78, 5) is 22.8. The fourth-order valence-corrected chi connectivity index (χ4v) is 2.92. The van der Waals surface area contributed by atoms with Crippen molar-refractivity contribution in [2.75, 3.05) is 0 Å². The Morgan fingerprint density at radius 1 is 0.957 bits per heavy atom. The van der Waals surface area contributed by atoms with E-state index in [1.807, 2.05) is 6.92 Å². The van der Waals surface area contributed by atoms with Crippen molar-refractivity contribution in [3.05, 3.63) is 49.0 Å². The molecular weight excluding hydrogens is 292 g/mol. The lowest BCUT2D eigenvalue weighted by atomic mass is 9.94. The van der Waals surface area contributed by atoms with Crippen molar-refractivity contribution < 1.29 is 19.1 Å².